The average molecular weight is 621 g/mol. The number of hydrogen-bond acceptors (Lipinski definition) is 14. The highest BCUT2D eigenvalue weighted by Gasteiger charge is 2.20. The number of morpholine rings is 1. The molecule has 0 radical (unpaired) electrons. The van der Waals surface area contributed by atoms with E-state index in [9.17, 15) is 35.4 Å². The maximum Gasteiger partial charge on any atom is 0.315 e. The Balaban J connectivity index is 1.55. The number of ether oxygens (including phenoxy) is 1. The molecule has 1 fully saturated rings. The molecular formula is C23H21FN8O8S2. The van der Waals surface area contributed by atoms with E-state index in [-0.39, 0.29) is 39.7 Å². The quantitative estimate of drug-likeness (QED) is 0.113. The lowest BCUT2D eigenvalue weighted by Gasteiger charge is -2.26. The Hall–Kier alpha value is -4.56. The minimum atomic E-state index is -4.81. The Morgan fingerprint density at radius 3 is 2.38 bits per heavy atom. The van der Waals surface area contributed by atoms with Gasteiger partial charge in [-0.15, -0.1) is 10.2 Å². The van der Waals surface area contributed by atoms with E-state index >= 15 is 0 Å². The van der Waals surface area contributed by atoms with Gasteiger partial charge in [0.25, 0.3) is 20.2 Å². The standard InChI is InChI=1S/C23H21FN8O8S2/c24-21-27-22(29-23(28-21)32-5-7-40-8-6-32)26-13-2-4-18(42(37,38)39)16(10-13)30-31-20-15(25)3-1-12-9-14(41(34,35)36)11-17(33)19(12)20/h1-4,9-11,33H,5-8,25H2,(H,34,35,36)(H,37,38,39)(H,26,27,28,29). The van der Waals surface area contributed by atoms with Crippen LogP contribution in [-0.2, 0) is 25.0 Å². The fourth-order valence-electron chi connectivity index (χ4n) is 4.10. The van der Waals surface area contributed by atoms with Crippen LogP contribution in [0.15, 0.2) is 62.5 Å². The van der Waals surface area contributed by atoms with Crippen molar-refractivity contribution in [3.05, 3.63) is 48.5 Å². The number of benzene rings is 3. The van der Waals surface area contributed by atoms with Crippen molar-refractivity contribution in [3.8, 4) is 5.75 Å². The van der Waals surface area contributed by atoms with Gasteiger partial charge in [0.05, 0.1) is 29.2 Å². The number of aromatic nitrogens is 3. The van der Waals surface area contributed by atoms with Crippen LogP contribution >= 0.6 is 0 Å². The Morgan fingerprint density at radius 1 is 0.952 bits per heavy atom. The second-order valence-corrected chi connectivity index (χ2v) is 11.6. The number of nitrogens with two attached hydrogens (primary N) is 1. The molecule has 6 N–H and O–H groups in total. The van der Waals surface area contributed by atoms with E-state index in [1.807, 2.05) is 0 Å². The van der Waals surface area contributed by atoms with Crippen LogP contribution in [0.5, 0.6) is 5.75 Å². The monoisotopic (exact) mass is 620 g/mol. The first-order valence-corrected chi connectivity index (χ1v) is 14.7. The fourth-order valence-corrected chi connectivity index (χ4v) is 5.24. The van der Waals surface area contributed by atoms with Gasteiger partial charge in [-0.3, -0.25) is 9.11 Å². The first-order chi connectivity index (χ1) is 19.8. The number of phenolic OH excluding ortho intramolecular Hbond substituents is 1. The van der Waals surface area contributed by atoms with Gasteiger partial charge in [0.1, 0.15) is 22.0 Å². The predicted molar refractivity (Wildman–Crippen MR) is 146 cm³/mol. The predicted octanol–water partition coefficient (Wildman–Crippen LogP) is 2.94. The van der Waals surface area contributed by atoms with Crippen LogP contribution in [0.1, 0.15) is 0 Å². The number of nitrogens with zero attached hydrogens (tertiary/aromatic N) is 6. The number of hydrogen-bond donors (Lipinski definition) is 5. The number of azo groups is 1. The zero-order valence-electron chi connectivity index (χ0n) is 21.2. The van der Waals surface area contributed by atoms with E-state index in [0.717, 1.165) is 24.3 Å². The highest BCUT2D eigenvalue weighted by atomic mass is 32.2. The third kappa shape index (κ3) is 6.19. The fraction of sp³-hybridized carbons (Fsp3) is 0.174. The maximum absolute atomic E-state index is 14.2. The molecule has 0 saturated carbocycles. The average Bonchev–Trinajstić information content (AvgIpc) is 2.91. The van der Waals surface area contributed by atoms with Crippen molar-refractivity contribution in [1.29, 1.82) is 0 Å². The van der Waals surface area contributed by atoms with Crippen LogP contribution in [0.2, 0.25) is 0 Å². The molecule has 5 rings (SSSR count). The summed E-state index contributed by atoms with van der Waals surface area (Å²) in [5.74, 6) is -0.754. The van der Waals surface area contributed by atoms with E-state index < -0.39 is 47.5 Å². The highest BCUT2D eigenvalue weighted by molar-refractivity contribution is 7.86. The molecule has 16 nitrogen and oxygen atoms in total. The largest absolute Gasteiger partial charge is 0.507 e. The molecule has 0 atom stereocenters. The summed E-state index contributed by atoms with van der Waals surface area (Å²) in [6.45, 7) is 1.67. The van der Waals surface area contributed by atoms with E-state index in [2.05, 4.69) is 30.5 Å². The van der Waals surface area contributed by atoms with Crippen molar-refractivity contribution in [2.24, 2.45) is 10.2 Å². The Labute approximate surface area is 237 Å². The summed E-state index contributed by atoms with van der Waals surface area (Å²) in [6, 6.07) is 7.94. The van der Waals surface area contributed by atoms with Gasteiger partial charge in [-0.1, -0.05) is 6.07 Å². The summed E-state index contributed by atoms with van der Waals surface area (Å²) in [5.41, 5.74) is 5.55. The van der Waals surface area contributed by atoms with Crippen LogP contribution < -0.4 is 16.0 Å². The molecule has 0 aliphatic carbocycles. The lowest BCUT2D eigenvalue weighted by molar-refractivity contribution is 0.122. The van der Waals surface area contributed by atoms with Gasteiger partial charge in [-0.25, -0.2) is 0 Å². The molecule has 19 heteroatoms. The summed E-state index contributed by atoms with van der Waals surface area (Å²) in [4.78, 5) is 12.0. The smallest absolute Gasteiger partial charge is 0.315 e. The van der Waals surface area contributed by atoms with E-state index in [1.54, 1.807) is 4.90 Å². The third-order valence-electron chi connectivity index (χ3n) is 6.01. The second kappa shape index (κ2) is 11.0. The van der Waals surface area contributed by atoms with Crippen LogP contribution in [0, 0.1) is 6.08 Å². The molecule has 1 aliphatic rings. The summed E-state index contributed by atoms with van der Waals surface area (Å²) in [7, 11) is -9.47. The lowest BCUT2D eigenvalue weighted by Crippen LogP contribution is -2.37. The number of nitrogen functional groups attached to an aromatic ring is 1. The lowest BCUT2D eigenvalue weighted by atomic mass is 10.1. The molecular weight excluding hydrogens is 599 g/mol. The normalized spacial score (nSPS) is 14.5. The van der Waals surface area contributed by atoms with Crippen LogP contribution in [0.3, 0.4) is 0 Å². The molecule has 0 spiro atoms. The third-order valence-corrected chi connectivity index (χ3v) is 7.75. The molecule has 3 aromatic carbocycles. The Bertz CT molecular complexity index is 1950. The van der Waals surface area contributed by atoms with Crippen molar-refractivity contribution in [3.63, 3.8) is 0 Å². The molecule has 1 aliphatic heterocycles. The molecule has 0 amide bonds. The number of halogens is 1. The van der Waals surface area contributed by atoms with Crippen LogP contribution in [0.4, 0.5) is 39.0 Å². The van der Waals surface area contributed by atoms with Gasteiger partial charge in [0.15, 0.2) is 0 Å². The van der Waals surface area contributed by atoms with E-state index in [0.29, 0.717) is 26.3 Å². The van der Waals surface area contributed by atoms with Crippen LogP contribution in [-0.4, -0.2) is 72.3 Å². The molecule has 42 heavy (non-hydrogen) atoms. The number of aromatic hydroxyl groups is 1. The topological polar surface area (TPSA) is 243 Å². The summed E-state index contributed by atoms with van der Waals surface area (Å²) >= 11 is 0. The molecule has 4 aromatic rings. The molecule has 1 aromatic heterocycles. The van der Waals surface area contributed by atoms with E-state index in [4.69, 9.17) is 10.5 Å². The van der Waals surface area contributed by atoms with Gasteiger partial charge in [-0.2, -0.15) is 36.2 Å². The summed E-state index contributed by atoms with van der Waals surface area (Å²) in [5, 5.41) is 21.2. The van der Waals surface area contributed by atoms with Crippen LogP contribution in [0.25, 0.3) is 10.8 Å². The zero-order chi connectivity index (χ0) is 30.2. The summed E-state index contributed by atoms with van der Waals surface area (Å²) in [6.07, 6.45) is -1.06. The SMILES string of the molecule is Nc1ccc2cc(S(=O)(=O)O)cc(O)c2c1N=Nc1cc(Nc2nc(F)nc(N3CCOCC3)n2)ccc1S(=O)(=O)O. The molecule has 0 unspecified atom stereocenters. The van der Waals surface area contributed by atoms with Crippen molar-refractivity contribution in [1.82, 2.24) is 15.0 Å². The van der Waals surface area contributed by atoms with E-state index in [1.165, 1.54) is 18.2 Å². The van der Waals surface area contributed by atoms with Gasteiger partial charge in [0.2, 0.25) is 11.9 Å². The van der Waals surface area contributed by atoms with Crippen molar-refractivity contribution in [2.75, 3.05) is 42.3 Å². The highest BCUT2D eigenvalue weighted by Crippen LogP contribution is 2.41. The van der Waals surface area contributed by atoms with Crippen molar-refractivity contribution in [2.45, 2.75) is 9.79 Å². The molecule has 0 bridgehead atoms. The van der Waals surface area contributed by atoms with Crippen molar-refractivity contribution >= 4 is 65.7 Å². The van der Waals surface area contributed by atoms with Gasteiger partial charge < -0.3 is 25.8 Å². The second-order valence-electron chi connectivity index (χ2n) is 8.83. The minimum Gasteiger partial charge on any atom is -0.507 e. The zero-order valence-corrected chi connectivity index (χ0v) is 22.8. The Kier molecular flexibility index (Phi) is 7.60. The number of rotatable bonds is 7. The molecule has 1 saturated heterocycles. The maximum atomic E-state index is 14.2. The molecule has 2 heterocycles. The number of anilines is 4. The number of fused-ring (bicyclic) bond motifs is 1. The first kappa shape index (κ1) is 29.0. The van der Waals surface area contributed by atoms with Gasteiger partial charge >= 0.3 is 6.08 Å². The number of nitrogens with one attached hydrogen (secondary N) is 1. The number of phenols is 1. The molecule has 220 valence electrons. The van der Waals surface area contributed by atoms with Gasteiger partial charge in [0, 0.05) is 24.8 Å². The first-order valence-electron chi connectivity index (χ1n) is 11.9. The van der Waals surface area contributed by atoms with Crippen molar-refractivity contribution < 1.29 is 40.2 Å². The van der Waals surface area contributed by atoms with Gasteiger partial charge in [-0.05, 0) is 35.7 Å². The minimum absolute atomic E-state index is 0.0276. The Morgan fingerprint density at radius 2 is 1.69 bits per heavy atom. The summed E-state index contributed by atoms with van der Waals surface area (Å²) < 4.78 is 85.8.